The van der Waals surface area contributed by atoms with Gasteiger partial charge in [0.1, 0.15) is 0 Å². The lowest BCUT2D eigenvalue weighted by Gasteiger charge is -2.47. The molecule has 0 aromatic rings. The van der Waals surface area contributed by atoms with Crippen molar-refractivity contribution in [2.45, 2.75) is 116 Å². The van der Waals surface area contributed by atoms with Gasteiger partial charge in [0.25, 0.3) is 0 Å². The maximum absolute atomic E-state index is 11.4. The fourth-order valence-electron chi connectivity index (χ4n) is 6.71. The van der Waals surface area contributed by atoms with Crippen molar-refractivity contribution in [2.24, 2.45) is 17.3 Å². The molecule has 0 radical (unpaired) electrons. The number of aliphatic hydroxyl groups is 3. The summed E-state index contributed by atoms with van der Waals surface area (Å²) in [6.45, 7) is 12.3. The molecular formula is C27H44O3. The van der Waals surface area contributed by atoms with Crippen LogP contribution in [0.25, 0.3) is 0 Å². The molecule has 0 amide bonds. The zero-order valence-electron chi connectivity index (χ0n) is 19.7. The van der Waals surface area contributed by atoms with Gasteiger partial charge in [0.2, 0.25) is 0 Å². The second-order valence-corrected chi connectivity index (χ2v) is 11.5. The average molecular weight is 417 g/mol. The summed E-state index contributed by atoms with van der Waals surface area (Å²) in [6, 6.07) is 0. The van der Waals surface area contributed by atoms with Crippen molar-refractivity contribution in [2.75, 3.05) is 0 Å². The molecule has 3 heteroatoms. The van der Waals surface area contributed by atoms with Gasteiger partial charge < -0.3 is 15.3 Å². The van der Waals surface area contributed by atoms with Crippen molar-refractivity contribution in [3.8, 4) is 0 Å². The molecule has 0 spiro atoms. The van der Waals surface area contributed by atoms with Gasteiger partial charge >= 0.3 is 0 Å². The summed E-state index contributed by atoms with van der Waals surface area (Å²) in [5, 5.41) is 31.5. The van der Waals surface area contributed by atoms with E-state index in [2.05, 4.69) is 25.7 Å². The topological polar surface area (TPSA) is 60.7 Å². The lowest BCUT2D eigenvalue weighted by molar-refractivity contribution is -0.0680. The molecule has 0 bridgehead atoms. The fourth-order valence-corrected chi connectivity index (χ4v) is 6.71. The first kappa shape index (κ1) is 23.8. The molecular weight excluding hydrogens is 372 g/mol. The van der Waals surface area contributed by atoms with Gasteiger partial charge in [0.05, 0.1) is 17.3 Å². The van der Waals surface area contributed by atoms with E-state index in [4.69, 9.17) is 0 Å². The molecule has 0 aromatic heterocycles. The molecule has 0 heterocycles. The maximum atomic E-state index is 11.4. The first-order valence-electron chi connectivity index (χ1n) is 12.1. The van der Waals surface area contributed by atoms with Gasteiger partial charge in [-0.3, -0.25) is 0 Å². The first-order valence-corrected chi connectivity index (χ1v) is 12.1. The molecule has 170 valence electrons. The Morgan fingerprint density at radius 1 is 1.07 bits per heavy atom. The van der Waals surface area contributed by atoms with Crippen molar-refractivity contribution < 1.29 is 15.3 Å². The molecule has 0 unspecified atom stereocenters. The normalized spacial score (nSPS) is 37.4. The van der Waals surface area contributed by atoms with E-state index in [1.54, 1.807) is 0 Å². The average Bonchev–Trinajstić information content (AvgIpc) is 2.99. The van der Waals surface area contributed by atoms with Gasteiger partial charge in [-0.25, -0.2) is 0 Å². The first-order chi connectivity index (χ1) is 13.9. The van der Waals surface area contributed by atoms with Gasteiger partial charge in [-0.15, -0.1) is 0 Å². The minimum atomic E-state index is -0.683. The van der Waals surface area contributed by atoms with E-state index in [-0.39, 0.29) is 11.5 Å². The molecule has 3 N–H and O–H groups in total. The summed E-state index contributed by atoms with van der Waals surface area (Å²) >= 11 is 0. The molecule has 0 aliphatic heterocycles. The highest BCUT2D eigenvalue weighted by molar-refractivity contribution is 5.36. The van der Waals surface area contributed by atoms with Crippen LogP contribution in [0.4, 0.5) is 0 Å². The SMILES string of the molecule is C=C1CC[C@@H](O)C/C1=C/C=C1\CCC[C@@]2(C)[C@H]1CC[C@@H]2[C@@](C)(O)CCCC(C)(C)O. The Morgan fingerprint density at radius 2 is 1.80 bits per heavy atom. The zero-order chi connectivity index (χ0) is 22.2. The van der Waals surface area contributed by atoms with Gasteiger partial charge in [0, 0.05) is 0 Å². The van der Waals surface area contributed by atoms with Crippen molar-refractivity contribution in [3.63, 3.8) is 0 Å². The highest BCUT2D eigenvalue weighted by atomic mass is 16.3. The summed E-state index contributed by atoms with van der Waals surface area (Å²) in [5.41, 5.74) is 2.71. The van der Waals surface area contributed by atoms with Crippen LogP contribution in [0, 0.1) is 17.3 Å². The van der Waals surface area contributed by atoms with Crippen LogP contribution in [-0.4, -0.2) is 32.6 Å². The van der Waals surface area contributed by atoms with Crippen LogP contribution in [0.5, 0.6) is 0 Å². The monoisotopic (exact) mass is 416 g/mol. The lowest BCUT2D eigenvalue weighted by Crippen LogP contribution is -2.45. The van der Waals surface area contributed by atoms with Gasteiger partial charge in [-0.05, 0) is 114 Å². The van der Waals surface area contributed by atoms with Crippen LogP contribution in [0.1, 0.15) is 98.3 Å². The Labute approximate surface area is 184 Å². The predicted molar refractivity (Wildman–Crippen MR) is 124 cm³/mol. The van der Waals surface area contributed by atoms with E-state index in [0.717, 1.165) is 57.8 Å². The molecule has 3 saturated carbocycles. The van der Waals surface area contributed by atoms with Crippen LogP contribution in [0.3, 0.4) is 0 Å². The molecule has 30 heavy (non-hydrogen) atoms. The highest BCUT2D eigenvalue weighted by Crippen LogP contribution is 2.60. The van der Waals surface area contributed by atoms with Crippen LogP contribution >= 0.6 is 0 Å². The molecule has 3 fully saturated rings. The highest BCUT2D eigenvalue weighted by Gasteiger charge is 2.54. The minimum absolute atomic E-state index is 0.143. The Balaban J connectivity index is 1.74. The van der Waals surface area contributed by atoms with Crippen LogP contribution in [0.2, 0.25) is 0 Å². The Kier molecular flexibility index (Phi) is 7.06. The van der Waals surface area contributed by atoms with E-state index < -0.39 is 11.2 Å². The largest absolute Gasteiger partial charge is 0.393 e. The zero-order valence-corrected chi connectivity index (χ0v) is 19.7. The van der Waals surface area contributed by atoms with Gasteiger partial charge in [-0.1, -0.05) is 36.8 Å². The van der Waals surface area contributed by atoms with Crippen LogP contribution < -0.4 is 0 Å². The number of allylic oxidation sites excluding steroid dienone is 4. The van der Waals surface area contributed by atoms with Crippen LogP contribution in [-0.2, 0) is 0 Å². The van der Waals surface area contributed by atoms with E-state index in [1.807, 2.05) is 20.8 Å². The Hall–Kier alpha value is -0.900. The smallest absolute Gasteiger partial charge is 0.0653 e. The van der Waals surface area contributed by atoms with Crippen molar-refractivity contribution in [1.29, 1.82) is 0 Å². The van der Waals surface area contributed by atoms with E-state index in [0.29, 0.717) is 11.8 Å². The second-order valence-electron chi connectivity index (χ2n) is 11.5. The van der Waals surface area contributed by atoms with Gasteiger partial charge in [-0.2, -0.15) is 0 Å². The standard InChI is InChI=1S/C27H44O3/c1-19-9-12-22(28)18-21(19)11-10-20-8-6-16-26(4)23(20)13-14-24(26)27(5,30)17-7-15-25(2,3)29/h10-11,22-24,28-30H,1,6-9,12-18H2,2-5H3/b20-10+,21-11-/t22-,23+,24+,26+,27+/m1/s1. The van der Waals surface area contributed by atoms with Crippen LogP contribution in [0.15, 0.2) is 35.5 Å². The molecule has 3 nitrogen and oxygen atoms in total. The number of rotatable bonds is 6. The predicted octanol–water partition coefficient (Wildman–Crippen LogP) is 5.85. The fraction of sp³-hybridized carbons (Fsp3) is 0.778. The third kappa shape index (κ3) is 5.29. The molecule has 3 rings (SSSR count). The lowest BCUT2D eigenvalue weighted by atomic mass is 9.59. The molecule has 0 aromatic carbocycles. The second kappa shape index (κ2) is 8.92. The number of hydrogen-bond acceptors (Lipinski definition) is 3. The third-order valence-electron chi connectivity index (χ3n) is 8.37. The number of fused-ring (bicyclic) bond motifs is 1. The maximum Gasteiger partial charge on any atom is 0.0653 e. The third-order valence-corrected chi connectivity index (χ3v) is 8.37. The minimum Gasteiger partial charge on any atom is -0.393 e. The molecule has 5 atom stereocenters. The Bertz CT molecular complexity index is 693. The van der Waals surface area contributed by atoms with Crippen molar-refractivity contribution >= 4 is 0 Å². The number of hydrogen-bond donors (Lipinski definition) is 3. The molecule has 3 aliphatic rings. The summed E-state index contributed by atoms with van der Waals surface area (Å²) < 4.78 is 0. The van der Waals surface area contributed by atoms with E-state index in [1.165, 1.54) is 29.6 Å². The summed E-state index contributed by atoms with van der Waals surface area (Å²) in [6.07, 6.45) is 14.9. The van der Waals surface area contributed by atoms with Gasteiger partial charge in [0.15, 0.2) is 0 Å². The summed E-state index contributed by atoms with van der Waals surface area (Å²) in [4.78, 5) is 0. The molecule has 3 aliphatic carbocycles. The molecule has 0 saturated heterocycles. The van der Waals surface area contributed by atoms with Crippen molar-refractivity contribution in [1.82, 2.24) is 0 Å². The quantitative estimate of drug-likeness (QED) is 0.509. The Morgan fingerprint density at radius 3 is 2.50 bits per heavy atom. The number of aliphatic hydroxyl groups excluding tert-OH is 1. The summed E-state index contributed by atoms with van der Waals surface area (Å²) in [5.74, 6) is 0.843. The van der Waals surface area contributed by atoms with Crippen molar-refractivity contribution in [3.05, 3.63) is 35.5 Å². The summed E-state index contributed by atoms with van der Waals surface area (Å²) in [7, 11) is 0. The van der Waals surface area contributed by atoms with E-state index >= 15 is 0 Å². The van der Waals surface area contributed by atoms with E-state index in [9.17, 15) is 15.3 Å².